The molecule has 0 saturated carbocycles. The molecule has 0 radical (unpaired) electrons. The van der Waals surface area contributed by atoms with E-state index in [1.165, 1.54) is 26.0 Å². The smallest absolute Gasteiger partial charge is 0.348 e. The monoisotopic (exact) mass is 488 g/mol. The van der Waals surface area contributed by atoms with Crippen molar-refractivity contribution in [1.82, 2.24) is 19.9 Å². The summed E-state index contributed by atoms with van der Waals surface area (Å²) in [4.78, 5) is 52.3. The van der Waals surface area contributed by atoms with E-state index in [1.54, 1.807) is 0 Å². The number of nitrogens with zero attached hydrogens (tertiary/aromatic N) is 2. The summed E-state index contributed by atoms with van der Waals surface area (Å²) in [6, 6.07) is 5.61. The molecule has 0 aliphatic heterocycles. The zero-order valence-corrected chi connectivity index (χ0v) is 19.6. The molecular formula is C21H20N4O6S2. The average molecular weight is 489 g/mol. The van der Waals surface area contributed by atoms with Crippen molar-refractivity contribution in [2.24, 2.45) is 0 Å². The minimum Gasteiger partial charge on any atom is -0.494 e. The Bertz CT molecular complexity index is 1410. The van der Waals surface area contributed by atoms with E-state index in [1.807, 2.05) is 25.1 Å². The molecule has 0 amide bonds. The molecule has 1 aromatic carbocycles. The molecule has 0 saturated heterocycles. The number of esters is 2. The Kier molecular flexibility index (Phi) is 6.65. The lowest BCUT2D eigenvalue weighted by molar-refractivity contribution is -0.139. The third kappa shape index (κ3) is 4.71. The highest BCUT2D eigenvalue weighted by Gasteiger charge is 2.24. The highest BCUT2D eigenvalue weighted by Crippen LogP contribution is 2.30. The molecule has 0 bridgehead atoms. The van der Waals surface area contributed by atoms with Gasteiger partial charge in [-0.15, -0.1) is 11.3 Å². The number of carbonyl (C=O) groups excluding carboxylic acids is 2. The van der Waals surface area contributed by atoms with Crippen LogP contribution in [0, 0.1) is 0 Å². The van der Waals surface area contributed by atoms with Crippen molar-refractivity contribution in [1.29, 1.82) is 0 Å². The number of ether oxygens (including phenoxy) is 3. The maximum absolute atomic E-state index is 12.8. The summed E-state index contributed by atoms with van der Waals surface area (Å²) in [7, 11) is 2.47. The predicted octanol–water partition coefficient (Wildman–Crippen LogP) is 3.05. The van der Waals surface area contributed by atoms with E-state index >= 15 is 0 Å². The fraction of sp³-hybridized carbons (Fsp3) is 0.286. The van der Waals surface area contributed by atoms with Gasteiger partial charge in [-0.2, -0.15) is 0 Å². The van der Waals surface area contributed by atoms with Crippen LogP contribution in [0.3, 0.4) is 0 Å². The molecule has 0 fully saturated rings. The molecule has 0 aliphatic carbocycles. The number of H-pyrrole nitrogens is 2. The standard InChI is InChI=1S/C21H20N4O6S2/c1-4-31-10-5-6-12-13(7-10)23-21(22-12)32-9-14-24-18(27)16-11(8-15(26)29-2)17(20(28)30-3)33-19(16)25-14/h5-7H,4,8-9H2,1-3H3,(H,22,23)(H,24,25,27). The molecule has 12 heteroatoms. The summed E-state index contributed by atoms with van der Waals surface area (Å²) in [6.07, 6.45) is -0.234. The first-order chi connectivity index (χ1) is 15.9. The number of nitrogens with one attached hydrogen (secondary N) is 2. The fourth-order valence-corrected chi connectivity index (χ4v) is 5.13. The Balaban J connectivity index is 1.62. The number of aromatic amines is 2. The number of hydrogen-bond donors (Lipinski definition) is 2. The number of thiophene rings is 1. The van der Waals surface area contributed by atoms with Crippen molar-refractivity contribution in [2.75, 3.05) is 20.8 Å². The molecule has 3 aromatic heterocycles. The highest BCUT2D eigenvalue weighted by atomic mass is 32.2. The van der Waals surface area contributed by atoms with Crippen LogP contribution in [-0.4, -0.2) is 52.7 Å². The van der Waals surface area contributed by atoms with E-state index in [9.17, 15) is 14.4 Å². The zero-order valence-electron chi connectivity index (χ0n) is 18.0. The van der Waals surface area contributed by atoms with Crippen LogP contribution in [0.1, 0.15) is 28.0 Å². The van der Waals surface area contributed by atoms with Gasteiger partial charge in [0, 0.05) is 11.6 Å². The van der Waals surface area contributed by atoms with Crippen LogP contribution < -0.4 is 10.3 Å². The van der Waals surface area contributed by atoms with Crippen LogP contribution in [0.2, 0.25) is 0 Å². The summed E-state index contributed by atoms with van der Waals surface area (Å²) < 4.78 is 15.0. The average Bonchev–Trinajstić information content (AvgIpc) is 3.38. The summed E-state index contributed by atoms with van der Waals surface area (Å²) in [5.41, 5.74) is 1.45. The number of rotatable bonds is 8. The first-order valence-electron chi connectivity index (χ1n) is 9.88. The minimum atomic E-state index is -0.638. The predicted molar refractivity (Wildman–Crippen MR) is 124 cm³/mol. The molecule has 2 N–H and O–H groups in total. The van der Waals surface area contributed by atoms with Crippen molar-refractivity contribution in [3.8, 4) is 5.75 Å². The van der Waals surface area contributed by atoms with Crippen LogP contribution in [0.4, 0.5) is 0 Å². The maximum Gasteiger partial charge on any atom is 0.348 e. The van der Waals surface area contributed by atoms with E-state index < -0.39 is 17.5 Å². The molecule has 0 atom stereocenters. The van der Waals surface area contributed by atoms with Gasteiger partial charge < -0.3 is 24.2 Å². The summed E-state index contributed by atoms with van der Waals surface area (Å²) in [5.74, 6) is 0.289. The molecule has 0 spiro atoms. The van der Waals surface area contributed by atoms with Gasteiger partial charge in [-0.25, -0.2) is 14.8 Å². The van der Waals surface area contributed by atoms with Crippen LogP contribution in [-0.2, 0) is 26.4 Å². The number of fused-ring (bicyclic) bond motifs is 2. The molecule has 0 aliphatic rings. The van der Waals surface area contributed by atoms with E-state index in [4.69, 9.17) is 14.2 Å². The van der Waals surface area contributed by atoms with E-state index in [0.717, 1.165) is 28.1 Å². The van der Waals surface area contributed by atoms with Gasteiger partial charge in [-0.3, -0.25) is 9.59 Å². The van der Waals surface area contributed by atoms with Gasteiger partial charge in [-0.05, 0) is 19.1 Å². The molecule has 4 rings (SSSR count). The molecule has 3 heterocycles. The van der Waals surface area contributed by atoms with Gasteiger partial charge in [0.05, 0.1) is 49.4 Å². The van der Waals surface area contributed by atoms with Crippen LogP contribution in [0.15, 0.2) is 28.2 Å². The topological polar surface area (TPSA) is 136 Å². The summed E-state index contributed by atoms with van der Waals surface area (Å²) in [5, 5.41) is 0.848. The van der Waals surface area contributed by atoms with Gasteiger partial charge in [0.1, 0.15) is 21.3 Å². The third-order valence-corrected chi connectivity index (χ3v) is 6.71. The molecule has 33 heavy (non-hydrogen) atoms. The van der Waals surface area contributed by atoms with Crippen molar-refractivity contribution < 1.29 is 23.8 Å². The lowest BCUT2D eigenvalue weighted by atomic mass is 10.1. The van der Waals surface area contributed by atoms with Crippen molar-refractivity contribution in [2.45, 2.75) is 24.3 Å². The van der Waals surface area contributed by atoms with Gasteiger partial charge >= 0.3 is 11.9 Å². The Morgan fingerprint density at radius 2 is 1.97 bits per heavy atom. The lowest BCUT2D eigenvalue weighted by Crippen LogP contribution is -2.15. The fourth-order valence-electron chi connectivity index (χ4n) is 3.25. The summed E-state index contributed by atoms with van der Waals surface area (Å²) in [6.45, 7) is 2.49. The number of carbonyl (C=O) groups is 2. The first kappa shape index (κ1) is 22.8. The Morgan fingerprint density at radius 3 is 2.70 bits per heavy atom. The van der Waals surface area contributed by atoms with E-state index in [0.29, 0.717) is 28.2 Å². The maximum atomic E-state index is 12.8. The lowest BCUT2D eigenvalue weighted by Gasteiger charge is -2.02. The highest BCUT2D eigenvalue weighted by molar-refractivity contribution is 7.98. The quantitative estimate of drug-likeness (QED) is 0.283. The third-order valence-electron chi connectivity index (χ3n) is 4.72. The Morgan fingerprint density at radius 1 is 1.15 bits per heavy atom. The minimum absolute atomic E-state index is 0.156. The van der Waals surface area contributed by atoms with Crippen molar-refractivity contribution in [3.63, 3.8) is 0 Å². The largest absolute Gasteiger partial charge is 0.494 e. The Labute approximate surface area is 195 Å². The second kappa shape index (κ2) is 9.63. The van der Waals surface area contributed by atoms with Crippen LogP contribution in [0.5, 0.6) is 5.75 Å². The first-order valence-corrected chi connectivity index (χ1v) is 11.7. The van der Waals surface area contributed by atoms with Gasteiger partial charge in [0.15, 0.2) is 5.16 Å². The van der Waals surface area contributed by atoms with E-state index in [2.05, 4.69) is 19.9 Å². The number of imidazole rings is 1. The van der Waals surface area contributed by atoms with Crippen LogP contribution >= 0.6 is 23.1 Å². The molecular weight excluding hydrogens is 468 g/mol. The normalized spacial score (nSPS) is 11.1. The number of aromatic nitrogens is 4. The second-order valence-electron chi connectivity index (χ2n) is 6.79. The summed E-state index contributed by atoms with van der Waals surface area (Å²) >= 11 is 2.38. The molecule has 10 nitrogen and oxygen atoms in total. The second-order valence-corrected chi connectivity index (χ2v) is 8.75. The van der Waals surface area contributed by atoms with Crippen LogP contribution in [0.25, 0.3) is 21.3 Å². The number of methoxy groups -OCH3 is 2. The number of benzene rings is 1. The molecule has 0 unspecified atom stereocenters. The number of hydrogen-bond acceptors (Lipinski definition) is 10. The van der Waals surface area contributed by atoms with Gasteiger partial charge in [-0.1, -0.05) is 11.8 Å². The zero-order chi connectivity index (χ0) is 23.5. The SMILES string of the molecule is CCOc1ccc2nc(SCc3nc4sc(C(=O)OC)c(CC(=O)OC)c4c(=O)[nH]3)[nH]c2c1. The Hall–Kier alpha value is -3.38. The van der Waals surface area contributed by atoms with Gasteiger partial charge in [0.25, 0.3) is 5.56 Å². The van der Waals surface area contributed by atoms with Gasteiger partial charge in [0.2, 0.25) is 0 Å². The molecule has 4 aromatic rings. The van der Waals surface area contributed by atoms with Crippen molar-refractivity contribution >= 4 is 56.3 Å². The van der Waals surface area contributed by atoms with Crippen molar-refractivity contribution in [3.05, 3.63) is 44.8 Å². The van der Waals surface area contributed by atoms with E-state index in [-0.39, 0.29) is 22.2 Å². The number of thioether (sulfide) groups is 1. The molecule has 172 valence electrons.